The Kier molecular flexibility index (Phi) is 6.51. The molecular weight excluding hydrogens is 558 g/mol. The number of rotatable bonds is 7. The summed E-state index contributed by atoms with van der Waals surface area (Å²) in [5.74, 6) is 0.180. The number of aromatic amines is 1. The Labute approximate surface area is 238 Å². The van der Waals surface area contributed by atoms with Crippen molar-refractivity contribution in [1.82, 2.24) is 9.97 Å². The van der Waals surface area contributed by atoms with E-state index >= 15 is 0 Å². The van der Waals surface area contributed by atoms with E-state index in [0.717, 1.165) is 44.8 Å². The Bertz CT molecular complexity index is 2110. The standard InChI is InChI=1S/C31H25N3O5S2/c1-34(40(2,35)36)23-15-13-21(14-16-23)27-20-32-31-30(29(27)22-9-5-3-6-10-22)26-19-24(17-18-28(26)33-31)39-41(37,38)25-11-7-4-8-12-25/h3-20H,1-2H3,(H,32,33). The Morgan fingerprint density at radius 1 is 0.780 bits per heavy atom. The van der Waals surface area contributed by atoms with Crippen LogP contribution in [0.15, 0.2) is 114 Å². The Morgan fingerprint density at radius 2 is 1.44 bits per heavy atom. The third kappa shape index (κ3) is 5.03. The minimum atomic E-state index is -4.03. The van der Waals surface area contributed by atoms with Crippen LogP contribution in [0.2, 0.25) is 0 Å². The van der Waals surface area contributed by atoms with Crippen LogP contribution in [-0.4, -0.2) is 40.1 Å². The zero-order valence-electron chi connectivity index (χ0n) is 22.1. The molecule has 2 aromatic heterocycles. The fraction of sp³-hybridized carbons (Fsp3) is 0.0645. The van der Waals surface area contributed by atoms with Crippen molar-refractivity contribution < 1.29 is 21.0 Å². The Balaban J connectivity index is 1.54. The quantitative estimate of drug-likeness (QED) is 0.224. The molecule has 6 aromatic rings. The van der Waals surface area contributed by atoms with Crippen molar-refractivity contribution in [2.45, 2.75) is 4.90 Å². The smallest absolute Gasteiger partial charge is 0.339 e. The van der Waals surface area contributed by atoms with Crippen molar-refractivity contribution in [3.8, 4) is 28.0 Å². The average molecular weight is 584 g/mol. The first-order valence-corrected chi connectivity index (χ1v) is 15.9. The molecule has 0 saturated carbocycles. The molecule has 0 saturated heterocycles. The summed E-state index contributed by atoms with van der Waals surface area (Å²) >= 11 is 0. The molecule has 0 fully saturated rings. The van der Waals surface area contributed by atoms with E-state index in [1.165, 1.54) is 23.5 Å². The number of benzene rings is 4. The van der Waals surface area contributed by atoms with Gasteiger partial charge in [0.15, 0.2) is 0 Å². The second-order valence-corrected chi connectivity index (χ2v) is 13.2. The molecule has 0 aliphatic carbocycles. The summed E-state index contributed by atoms with van der Waals surface area (Å²) in [7, 11) is -5.92. The van der Waals surface area contributed by atoms with Crippen LogP contribution in [0.4, 0.5) is 5.69 Å². The van der Waals surface area contributed by atoms with Crippen molar-refractivity contribution in [1.29, 1.82) is 0 Å². The number of nitrogens with one attached hydrogen (secondary N) is 1. The number of hydrogen-bond acceptors (Lipinski definition) is 6. The SMILES string of the molecule is CN(c1ccc(-c2cnc3[nH]c4ccc(OS(=O)(=O)c5ccccc5)cc4c3c2-c2ccccc2)cc1)S(C)(=O)=O. The van der Waals surface area contributed by atoms with Gasteiger partial charge in [-0.2, -0.15) is 8.42 Å². The third-order valence-corrected chi connectivity index (χ3v) is 9.40. The topological polar surface area (TPSA) is 109 Å². The molecular formula is C31H25N3O5S2. The first-order chi connectivity index (χ1) is 19.6. The van der Waals surface area contributed by atoms with Gasteiger partial charge in [0, 0.05) is 40.7 Å². The molecule has 0 spiro atoms. The van der Waals surface area contributed by atoms with Gasteiger partial charge in [-0.1, -0.05) is 60.7 Å². The third-order valence-electron chi connectivity index (χ3n) is 6.93. The van der Waals surface area contributed by atoms with E-state index in [0.29, 0.717) is 11.3 Å². The van der Waals surface area contributed by atoms with Crippen LogP contribution >= 0.6 is 0 Å². The Morgan fingerprint density at radius 3 is 2.10 bits per heavy atom. The van der Waals surface area contributed by atoms with Gasteiger partial charge in [-0.05, 0) is 53.6 Å². The van der Waals surface area contributed by atoms with Gasteiger partial charge in [0.1, 0.15) is 16.3 Å². The highest BCUT2D eigenvalue weighted by atomic mass is 32.2. The van der Waals surface area contributed by atoms with Gasteiger partial charge in [0.25, 0.3) is 0 Å². The molecule has 0 atom stereocenters. The van der Waals surface area contributed by atoms with Gasteiger partial charge in [-0.15, -0.1) is 0 Å². The van der Waals surface area contributed by atoms with Crippen LogP contribution in [-0.2, 0) is 20.1 Å². The first-order valence-electron chi connectivity index (χ1n) is 12.7. The van der Waals surface area contributed by atoms with Gasteiger partial charge in [-0.3, -0.25) is 4.31 Å². The van der Waals surface area contributed by atoms with E-state index in [1.807, 2.05) is 42.5 Å². The summed E-state index contributed by atoms with van der Waals surface area (Å²) in [5, 5.41) is 1.56. The molecule has 2 heterocycles. The van der Waals surface area contributed by atoms with Gasteiger partial charge in [0.2, 0.25) is 10.0 Å². The van der Waals surface area contributed by atoms with Crippen LogP contribution in [0.3, 0.4) is 0 Å². The number of H-pyrrole nitrogens is 1. The number of fused-ring (bicyclic) bond motifs is 3. The highest BCUT2D eigenvalue weighted by molar-refractivity contribution is 7.92. The molecule has 0 unspecified atom stereocenters. The zero-order valence-corrected chi connectivity index (χ0v) is 23.8. The maximum Gasteiger partial charge on any atom is 0.339 e. The van der Waals surface area contributed by atoms with Crippen LogP contribution in [0.25, 0.3) is 44.2 Å². The summed E-state index contributed by atoms with van der Waals surface area (Å²) < 4.78 is 56.6. The zero-order chi connectivity index (χ0) is 28.8. The fourth-order valence-electron chi connectivity index (χ4n) is 4.81. The molecule has 0 amide bonds. The predicted molar refractivity (Wildman–Crippen MR) is 162 cm³/mol. The van der Waals surface area contributed by atoms with Gasteiger partial charge < -0.3 is 9.17 Å². The molecule has 6 rings (SSSR count). The molecule has 0 bridgehead atoms. The van der Waals surface area contributed by atoms with Gasteiger partial charge >= 0.3 is 10.1 Å². The van der Waals surface area contributed by atoms with Gasteiger partial charge in [0.05, 0.1) is 11.9 Å². The van der Waals surface area contributed by atoms with Crippen LogP contribution in [0, 0.1) is 0 Å². The molecule has 0 radical (unpaired) electrons. The van der Waals surface area contributed by atoms with Crippen molar-refractivity contribution in [3.05, 3.63) is 109 Å². The van der Waals surface area contributed by atoms with Gasteiger partial charge in [-0.25, -0.2) is 13.4 Å². The normalized spacial score (nSPS) is 12.0. The lowest BCUT2D eigenvalue weighted by molar-refractivity contribution is 0.486. The van der Waals surface area contributed by atoms with E-state index in [9.17, 15) is 16.8 Å². The van der Waals surface area contributed by atoms with Crippen LogP contribution in [0.1, 0.15) is 0 Å². The van der Waals surface area contributed by atoms with Crippen molar-refractivity contribution >= 4 is 47.8 Å². The molecule has 41 heavy (non-hydrogen) atoms. The fourth-order valence-corrected chi connectivity index (χ4v) is 6.26. The minimum absolute atomic E-state index is 0.0675. The second kappa shape index (κ2) is 10.1. The van der Waals surface area contributed by atoms with Crippen LogP contribution in [0.5, 0.6) is 5.75 Å². The summed E-state index contributed by atoms with van der Waals surface area (Å²) in [6, 6.07) is 30.2. The van der Waals surface area contributed by atoms with E-state index in [1.54, 1.807) is 54.7 Å². The van der Waals surface area contributed by atoms with E-state index in [4.69, 9.17) is 9.17 Å². The molecule has 8 nitrogen and oxygen atoms in total. The summed E-state index contributed by atoms with van der Waals surface area (Å²) in [6.07, 6.45) is 2.94. The van der Waals surface area contributed by atoms with E-state index in [2.05, 4.69) is 4.98 Å². The van der Waals surface area contributed by atoms with Crippen molar-refractivity contribution in [2.75, 3.05) is 17.6 Å². The predicted octanol–water partition coefficient (Wildman–Crippen LogP) is 6.21. The second-order valence-electron chi connectivity index (χ2n) is 9.60. The lowest BCUT2D eigenvalue weighted by Crippen LogP contribution is -2.24. The first kappa shape index (κ1) is 26.5. The molecule has 0 aliphatic heterocycles. The molecule has 0 aliphatic rings. The van der Waals surface area contributed by atoms with Crippen LogP contribution < -0.4 is 8.49 Å². The average Bonchev–Trinajstić information content (AvgIpc) is 3.34. The van der Waals surface area contributed by atoms with Crippen molar-refractivity contribution in [2.24, 2.45) is 0 Å². The van der Waals surface area contributed by atoms with E-state index in [-0.39, 0.29) is 10.6 Å². The maximum atomic E-state index is 12.9. The summed E-state index contributed by atoms with van der Waals surface area (Å²) in [4.78, 5) is 8.12. The number of anilines is 1. The number of aromatic nitrogens is 2. The molecule has 10 heteroatoms. The number of nitrogens with zero attached hydrogens (tertiary/aromatic N) is 2. The number of sulfonamides is 1. The monoisotopic (exact) mass is 583 g/mol. The Hall–Kier alpha value is -4.67. The number of hydrogen-bond donors (Lipinski definition) is 1. The lowest BCUT2D eigenvalue weighted by atomic mass is 9.92. The minimum Gasteiger partial charge on any atom is -0.379 e. The highest BCUT2D eigenvalue weighted by Crippen LogP contribution is 2.41. The molecule has 206 valence electrons. The maximum absolute atomic E-state index is 12.9. The molecule has 4 aromatic carbocycles. The van der Waals surface area contributed by atoms with Crippen molar-refractivity contribution in [3.63, 3.8) is 0 Å². The molecule has 1 N–H and O–H groups in total. The van der Waals surface area contributed by atoms with E-state index < -0.39 is 20.1 Å². The summed E-state index contributed by atoms with van der Waals surface area (Å²) in [6.45, 7) is 0. The summed E-state index contributed by atoms with van der Waals surface area (Å²) in [5.41, 5.74) is 5.47. The highest BCUT2D eigenvalue weighted by Gasteiger charge is 2.21. The lowest BCUT2D eigenvalue weighted by Gasteiger charge is -2.17. The largest absolute Gasteiger partial charge is 0.379 e. The number of pyridine rings is 1.